The van der Waals surface area contributed by atoms with Crippen LogP contribution < -0.4 is 9.47 Å². The van der Waals surface area contributed by atoms with Crippen LogP contribution in [-0.2, 0) is 0 Å². The zero-order chi connectivity index (χ0) is 26.6. The molecule has 0 atom stereocenters. The molecule has 0 radical (unpaired) electrons. The van der Waals surface area contributed by atoms with Crippen molar-refractivity contribution in [3.63, 3.8) is 0 Å². The highest BCUT2D eigenvalue weighted by Gasteiger charge is 2.45. The molecule has 204 valence electrons. The van der Waals surface area contributed by atoms with Crippen LogP contribution in [0.1, 0.15) is 71.1 Å². The number of rotatable bonds is 9. The Kier molecular flexibility index (Phi) is 8.96. The van der Waals surface area contributed by atoms with Crippen molar-refractivity contribution in [1.29, 1.82) is 0 Å². The number of hydrogen-bond acceptors (Lipinski definition) is 2. The molecule has 2 aliphatic carbocycles. The minimum atomic E-state index is -3.37. The lowest BCUT2D eigenvalue weighted by atomic mass is 9.68. The Morgan fingerprint density at radius 1 is 0.811 bits per heavy atom. The highest BCUT2D eigenvalue weighted by molar-refractivity contribution is 5.65. The van der Waals surface area contributed by atoms with Crippen molar-refractivity contribution in [3.05, 3.63) is 48.0 Å². The number of hydrogen-bond donors (Lipinski definition) is 0. The number of halogens is 6. The van der Waals surface area contributed by atoms with Crippen LogP contribution in [0.2, 0.25) is 0 Å². The van der Waals surface area contributed by atoms with Gasteiger partial charge in [0.05, 0.1) is 5.92 Å². The van der Waals surface area contributed by atoms with E-state index < -0.39 is 36.0 Å². The van der Waals surface area contributed by atoms with E-state index in [1.54, 1.807) is 0 Å². The van der Waals surface area contributed by atoms with E-state index in [4.69, 9.17) is 4.74 Å². The summed E-state index contributed by atoms with van der Waals surface area (Å²) < 4.78 is 91.6. The fraction of sp³-hybridized carbons (Fsp3) is 0.586. The third kappa shape index (κ3) is 6.94. The summed E-state index contributed by atoms with van der Waals surface area (Å²) in [7, 11) is 0. The molecule has 8 heteroatoms. The third-order valence-electron chi connectivity index (χ3n) is 8.15. The van der Waals surface area contributed by atoms with Gasteiger partial charge in [-0.2, -0.15) is 17.6 Å². The molecular weight excluding hydrogens is 494 g/mol. The number of benzene rings is 2. The minimum absolute atomic E-state index is 0.0521. The maximum atomic E-state index is 15.0. The first-order chi connectivity index (χ1) is 17.7. The van der Waals surface area contributed by atoms with Crippen LogP contribution >= 0.6 is 0 Å². The fourth-order valence-electron chi connectivity index (χ4n) is 6.17. The Bertz CT molecular complexity index is 987. The second-order valence-corrected chi connectivity index (χ2v) is 10.5. The van der Waals surface area contributed by atoms with Crippen LogP contribution in [0.15, 0.2) is 36.4 Å². The molecule has 0 heterocycles. The van der Waals surface area contributed by atoms with Gasteiger partial charge in [0.1, 0.15) is 5.75 Å². The predicted octanol–water partition coefficient (Wildman–Crippen LogP) is 9.62. The quantitative estimate of drug-likeness (QED) is 0.302. The molecule has 2 saturated carbocycles. The second-order valence-electron chi connectivity index (χ2n) is 10.5. The maximum absolute atomic E-state index is 15.0. The van der Waals surface area contributed by atoms with Crippen LogP contribution in [0.5, 0.6) is 11.5 Å². The molecule has 0 aliphatic heterocycles. The van der Waals surface area contributed by atoms with Crippen LogP contribution in [0.25, 0.3) is 11.1 Å². The van der Waals surface area contributed by atoms with Crippen molar-refractivity contribution in [3.8, 4) is 22.6 Å². The first kappa shape index (κ1) is 27.6. The summed E-state index contributed by atoms with van der Waals surface area (Å²) in [5, 5.41) is 0. The fourth-order valence-corrected chi connectivity index (χ4v) is 6.17. The van der Waals surface area contributed by atoms with Crippen LogP contribution in [0.4, 0.5) is 26.3 Å². The first-order valence-corrected chi connectivity index (χ1v) is 13.3. The lowest BCUT2D eigenvalue weighted by Gasteiger charge is -2.39. The smallest absolute Gasteiger partial charge is 0.400 e. The van der Waals surface area contributed by atoms with E-state index in [2.05, 4.69) is 11.7 Å². The van der Waals surface area contributed by atoms with E-state index in [0.717, 1.165) is 30.9 Å². The van der Waals surface area contributed by atoms with Gasteiger partial charge in [-0.25, -0.2) is 8.78 Å². The summed E-state index contributed by atoms with van der Waals surface area (Å²) in [6, 6.07) is 7.09. The summed E-state index contributed by atoms with van der Waals surface area (Å²) in [5.41, 5.74) is 0.364. The van der Waals surface area contributed by atoms with Crippen molar-refractivity contribution in [1.82, 2.24) is 0 Å². The SMILES string of the molecule is CCCC1CCC(C2CCC(C(F)(F)Oc3ccc(-c4cc(F)c(OC(F)F)c(F)c4)cc3)CC2)CC1. The minimum Gasteiger partial charge on any atom is -0.432 e. The van der Waals surface area contributed by atoms with E-state index in [9.17, 15) is 26.3 Å². The van der Waals surface area contributed by atoms with E-state index >= 15 is 0 Å². The molecule has 0 aromatic heterocycles. The van der Waals surface area contributed by atoms with E-state index in [1.807, 2.05) is 0 Å². The normalized spacial score (nSPS) is 24.8. The van der Waals surface area contributed by atoms with Gasteiger partial charge >= 0.3 is 12.7 Å². The molecule has 2 aromatic rings. The maximum Gasteiger partial charge on any atom is 0.400 e. The topological polar surface area (TPSA) is 18.5 Å². The summed E-state index contributed by atoms with van der Waals surface area (Å²) in [4.78, 5) is 0. The molecule has 0 unspecified atom stereocenters. The molecule has 2 aliphatic rings. The standard InChI is InChI=1S/C29H34F6O2/c1-2-3-18-4-6-19(7-5-18)20-8-12-23(13-9-20)29(34,35)37-24-14-10-21(11-15-24)22-16-25(30)27(26(31)17-22)36-28(32)33/h10-11,14-20,23,28H,2-9,12-13H2,1H3. The van der Waals surface area contributed by atoms with Gasteiger partial charge in [-0.15, -0.1) is 0 Å². The monoisotopic (exact) mass is 528 g/mol. The summed E-state index contributed by atoms with van der Waals surface area (Å²) >= 11 is 0. The molecule has 0 saturated heterocycles. The van der Waals surface area contributed by atoms with E-state index in [0.29, 0.717) is 30.2 Å². The lowest BCUT2D eigenvalue weighted by molar-refractivity contribution is -0.224. The zero-order valence-electron chi connectivity index (χ0n) is 21.0. The average Bonchev–Trinajstić information content (AvgIpc) is 2.87. The summed E-state index contributed by atoms with van der Waals surface area (Å²) in [5.74, 6) is -2.64. The average molecular weight is 529 g/mol. The molecule has 2 fully saturated rings. The Morgan fingerprint density at radius 2 is 1.35 bits per heavy atom. The Balaban J connectivity index is 1.32. The summed E-state index contributed by atoms with van der Waals surface area (Å²) in [6.07, 6.45) is 6.61. The molecular formula is C29H34F6O2. The highest BCUT2D eigenvalue weighted by Crippen LogP contribution is 2.46. The van der Waals surface area contributed by atoms with Gasteiger partial charge in [-0.1, -0.05) is 44.7 Å². The Morgan fingerprint density at radius 3 is 1.86 bits per heavy atom. The first-order valence-electron chi connectivity index (χ1n) is 13.3. The van der Waals surface area contributed by atoms with Gasteiger partial charge in [0.2, 0.25) is 0 Å². The Hall–Kier alpha value is -2.38. The van der Waals surface area contributed by atoms with Gasteiger partial charge < -0.3 is 9.47 Å². The second kappa shape index (κ2) is 12.0. The van der Waals surface area contributed by atoms with Crippen LogP contribution in [0, 0.1) is 35.3 Å². The van der Waals surface area contributed by atoms with E-state index in [-0.39, 0.29) is 11.3 Å². The lowest BCUT2D eigenvalue weighted by Crippen LogP contribution is -2.38. The molecule has 0 N–H and O–H groups in total. The molecule has 2 nitrogen and oxygen atoms in total. The molecule has 0 bridgehead atoms. The largest absolute Gasteiger partial charge is 0.432 e. The van der Waals surface area contributed by atoms with Crippen molar-refractivity contribution < 1.29 is 35.8 Å². The van der Waals surface area contributed by atoms with Gasteiger partial charge in [-0.05, 0) is 91.7 Å². The van der Waals surface area contributed by atoms with Crippen LogP contribution in [0.3, 0.4) is 0 Å². The number of alkyl halides is 4. The molecule has 0 spiro atoms. The third-order valence-corrected chi connectivity index (χ3v) is 8.15. The van der Waals surface area contributed by atoms with Crippen molar-refractivity contribution >= 4 is 0 Å². The van der Waals surface area contributed by atoms with Crippen molar-refractivity contribution in [2.24, 2.45) is 23.7 Å². The van der Waals surface area contributed by atoms with E-state index in [1.165, 1.54) is 62.8 Å². The molecule has 2 aromatic carbocycles. The van der Waals surface area contributed by atoms with Gasteiger partial charge in [0.15, 0.2) is 17.4 Å². The Labute approximate surface area is 214 Å². The molecule has 37 heavy (non-hydrogen) atoms. The molecule has 0 amide bonds. The number of ether oxygens (including phenoxy) is 2. The van der Waals surface area contributed by atoms with Gasteiger partial charge in [0.25, 0.3) is 0 Å². The predicted molar refractivity (Wildman–Crippen MR) is 130 cm³/mol. The highest BCUT2D eigenvalue weighted by atomic mass is 19.3. The molecule has 4 rings (SSSR count). The van der Waals surface area contributed by atoms with Gasteiger partial charge in [0, 0.05) is 0 Å². The summed E-state index contributed by atoms with van der Waals surface area (Å²) in [6.45, 7) is -1.14. The zero-order valence-corrected chi connectivity index (χ0v) is 21.0. The van der Waals surface area contributed by atoms with Gasteiger partial charge in [-0.3, -0.25) is 0 Å². The van der Waals surface area contributed by atoms with Crippen LogP contribution in [-0.4, -0.2) is 12.7 Å². The van der Waals surface area contributed by atoms with Crippen molar-refractivity contribution in [2.75, 3.05) is 0 Å². The van der Waals surface area contributed by atoms with Crippen molar-refractivity contribution in [2.45, 2.75) is 83.9 Å².